The number of hydrogen-bond donors (Lipinski definition) is 2. The number of benzene rings is 2. The topological polar surface area (TPSA) is 62.7 Å². The minimum Gasteiger partial charge on any atom is -0.488 e. The monoisotopic (exact) mass is 435 g/mol. The van der Waals surface area contributed by atoms with Crippen LogP contribution in [0.15, 0.2) is 60.2 Å². The fraction of sp³-hybridized carbons (Fsp3) is 0.111. The molecule has 0 saturated carbocycles. The Morgan fingerprint density at radius 3 is 2.83 bits per heavy atom. The first kappa shape index (κ1) is 18.0. The molecule has 5 nitrogen and oxygen atoms in total. The highest BCUT2D eigenvalue weighted by Crippen LogP contribution is 2.21. The quantitative estimate of drug-likeness (QED) is 0.307. The van der Waals surface area contributed by atoms with Crippen LogP contribution < -0.4 is 15.5 Å². The fourth-order valence-corrected chi connectivity index (χ4v) is 2.59. The second-order valence-electron chi connectivity index (χ2n) is 4.93. The average molecular weight is 435 g/mol. The number of hydrazone groups is 1. The van der Waals surface area contributed by atoms with Crippen LogP contribution >= 0.6 is 22.6 Å². The van der Waals surface area contributed by atoms with Gasteiger partial charge in [0.25, 0.3) is 0 Å². The summed E-state index contributed by atoms with van der Waals surface area (Å²) in [5, 5.41) is 6.70. The molecule has 0 unspecified atom stereocenters. The van der Waals surface area contributed by atoms with Crippen LogP contribution in [-0.4, -0.2) is 18.9 Å². The minimum atomic E-state index is -0.388. The fourth-order valence-electron chi connectivity index (χ4n) is 1.89. The molecule has 0 atom stereocenters. The molecule has 0 aliphatic heterocycles. The van der Waals surface area contributed by atoms with Crippen molar-refractivity contribution in [3.8, 4) is 5.75 Å². The normalized spacial score (nSPS) is 10.4. The van der Waals surface area contributed by atoms with Gasteiger partial charge in [-0.2, -0.15) is 5.10 Å². The van der Waals surface area contributed by atoms with E-state index in [2.05, 4.69) is 45.0 Å². The number of para-hydroxylation sites is 1. The van der Waals surface area contributed by atoms with E-state index in [-0.39, 0.29) is 6.03 Å². The summed E-state index contributed by atoms with van der Waals surface area (Å²) >= 11 is 2.19. The van der Waals surface area contributed by atoms with E-state index in [9.17, 15) is 4.79 Å². The number of carbonyl (C=O) groups is 1. The van der Waals surface area contributed by atoms with Gasteiger partial charge in [0.2, 0.25) is 0 Å². The third kappa shape index (κ3) is 5.38. The van der Waals surface area contributed by atoms with Gasteiger partial charge in [0.15, 0.2) is 0 Å². The van der Waals surface area contributed by atoms with E-state index in [4.69, 9.17) is 4.74 Å². The van der Waals surface area contributed by atoms with Gasteiger partial charge in [-0.05, 0) is 64.9 Å². The van der Waals surface area contributed by atoms with Gasteiger partial charge in [-0.15, -0.1) is 0 Å². The SMILES string of the molecule is C=CCOc1ccc(C=NNC(=O)Nc2ccccc2C)cc1I. The van der Waals surface area contributed by atoms with Gasteiger partial charge in [0.05, 0.1) is 9.78 Å². The van der Waals surface area contributed by atoms with Crippen LogP contribution in [0.5, 0.6) is 5.75 Å². The van der Waals surface area contributed by atoms with E-state index in [1.165, 1.54) is 0 Å². The number of nitrogens with zero attached hydrogens (tertiary/aromatic N) is 1. The van der Waals surface area contributed by atoms with E-state index in [1.807, 2.05) is 49.4 Å². The summed E-state index contributed by atoms with van der Waals surface area (Å²) in [6, 6.07) is 12.8. The lowest BCUT2D eigenvalue weighted by atomic mass is 10.2. The zero-order valence-electron chi connectivity index (χ0n) is 13.3. The molecule has 0 saturated heterocycles. The van der Waals surface area contributed by atoms with E-state index in [1.54, 1.807) is 12.3 Å². The summed E-state index contributed by atoms with van der Waals surface area (Å²) in [5.41, 5.74) is 5.05. The number of nitrogens with one attached hydrogen (secondary N) is 2. The van der Waals surface area contributed by atoms with Crippen LogP contribution in [0, 0.1) is 10.5 Å². The van der Waals surface area contributed by atoms with Crippen molar-refractivity contribution in [1.82, 2.24) is 5.43 Å². The second-order valence-corrected chi connectivity index (χ2v) is 6.09. The molecule has 2 N–H and O–H groups in total. The molecular weight excluding hydrogens is 417 g/mol. The van der Waals surface area contributed by atoms with Crippen LogP contribution in [0.4, 0.5) is 10.5 Å². The molecular formula is C18H18IN3O2. The van der Waals surface area contributed by atoms with Crippen molar-refractivity contribution in [3.05, 3.63) is 69.8 Å². The molecule has 0 fully saturated rings. The van der Waals surface area contributed by atoms with Crippen LogP contribution in [0.2, 0.25) is 0 Å². The third-order valence-corrected chi connectivity index (χ3v) is 3.93. The third-order valence-electron chi connectivity index (χ3n) is 3.09. The van der Waals surface area contributed by atoms with Gasteiger partial charge in [-0.1, -0.05) is 30.9 Å². The molecule has 2 rings (SSSR count). The number of anilines is 1. The van der Waals surface area contributed by atoms with E-state index >= 15 is 0 Å². The Bertz CT molecular complexity index is 760. The highest BCUT2D eigenvalue weighted by molar-refractivity contribution is 14.1. The Labute approximate surface area is 154 Å². The molecule has 0 spiro atoms. The van der Waals surface area contributed by atoms with Gasteiger partial charge in [-0.3, -0.25) is 0 Å². The molecule has 24 heavy (non-hydrogen) atoms. The molecule has 2 aromatic carbocycles. The molecule has 0 aromatic heterocycles. The molecule has 6 heteroatoms. The lowest BCUT2D eigenvalue weighted by Crippen LogP contribution is -2.24. The van der Waals surface area contributed by atoms with Gasteiger partial charge >= 0.3 is 6.03 Å². The predicted octanol–water partition coefficient (Wildman–Crippen LogP) is 4.32. The van der Waals surface area contributed by atoms with Gasteiger partial charge in [0, 0.05) is 5.69 Å². The summed E-state index contributed by atoms with van der Waals surface area (Å²) in [4.78, 5) is 11.8. The summed E-state index contributed by atoms with van der Waals surface area (Å²) < 4.78 is 6.47. The van der Waals surface area contributed by atoms with Gasteiger partial charge in [-0.25, -0.2) is 10.2 Å². The van der Waals surface area contributed by atoms with Crippen molar-refractivity contribution in [2.75, 3.05) is 11.9 Å². The lowest BCUT2D eigenvalue weighted by molar-refractivity contribution is 0.252. The molecule has 0 heterocycles. The summed E-state index contributed by atoms with van der Waals surface area (Å²) in [5.74, 6) is 0.790. The smallest absolute Gasteiger partial charge is 0.339 e. The minimum absolute atomic E-state index is 0.388. The van der Waals surface area contributed by atoms with E-state index in [0.717, 1.165) is 26.1 Å². The first-order valence-corrected chi connectivity index (χ1v) is 8.37. The molecule has 0 bridgehead atoms. The van der Waals surface area contributed by atoms with Crippen molar-refractivity contribution < 1.29 is 9.53 Å². The number of carbonyl (C=O) groups excluding carboxylic acids is 1. The number of aryl methyl sites for hydroxylation is 1. The number of halogens is 1. The predicted molar refractivity (Wildman–Crippen MR) is 106 cm³/mol. The summed E-state index contributed by atoms with van der Waals surface area (Å²) in [7, 11) is 0. The highest BCUT2D eigenvalue weighted by atomic mass is 127. The number of amides is 2. The largest absolute Gasteiger partial charge is 0.488 e. The average Bonchev–Trinajstić information content (AvgIpc) is 2.56. The van der Waals surface area contributed by atoms with Crippen LogP contribution in [0.1, 0.15) is 11.1 Å². The first-order valence-electron chi connectivity index (χ1n) is 7.29. The Balaban J connectivity index is 1.91. The summed E-state index contributed by atoms with van der Waals surface area (Å²) in [6.07, 6.45) is 3.28. The Morgan fingerprint density at radius 1 is 1.33 bits per heavy atom. The van der Waals surface area contributed by atoms with Crippen molar-refractivity contribution in [3.63, 3.8) is 0 Å². The molecule has 124 valence electrons. The number of ether oxygens (including phenoxy) is 1. The molecule has 2 amide bonds. The number of hydrogen-bond acceptors (Lipinski definition) is 3. The van der Waals surface area contributed by atoms with Gasteiger partial charge < -0.3 is 10.1 Å². The summed E-state index contributed by atoms with van der Waals surface area (Å²) in [6.45, 7) is 6.01. The first-order chi connectivity index (χ1) is 11.6. The Kier molecular flexibility index (Phi) is 6.80. The van der Waals surface area contributed by atoms with E-state index < -0.39 is 0 Å². The van der Waals surface area contributed by atoms with E-state index in [0.29, 0.717) is 6.61 Å². The van der Waals surface area contributed by atoms with Crippen LogP contribution in [0.3, 0.4) is 0 Å². The highest BCUT2D eigenvalue weighted by Gasteiger charge is 2.03. The Morgan fingerprint density at radius 2 is 2.12 bits per heavy atom. The standard InChI is InChI=1S/C18H18IN3O2/c1-3-10-24-17-9-8-14(11-15(17)19)12-20-22-18(23)21-16-7-5-4-6-13(16)2/h3-9,11-12H,1,10H2,2H3,(H2,21,22,23). The van der Waals surface area contributed by atoms with Crippen molar-refractivity contribution >= 4 is 40.5 Å². The number of rotatable bonds is 6. The molecule has 0 aliphatic rings. The molecule has 0 radical (unpaired) electrons. The zero-order chi connectivity index (χ0) is 17.4. The Hall–Kier alpha value is -2.35. The van der Waals surface area contributed by atoms with Gasteiger partial charge in [0.1, 0.15) is 12.4 Å². The van der Waals surface area contributed by atoms with Crippen molar-refractivity contribution in [2.45, 2.75) is 6.92 Å². The lowest BCUT2D eigenvalue weighted by Gasteiger charge is -2.07. The van der Waals surface area contributed by atoms with Crippen LogP contribution in [0.25, 0.3) is 0 Å². The molecule has 0 aliphatic carbocycles. The maximum absolute atomic E-state index is 11.8. The van der Waals surface area contributed by atoms with Crippen molar-refractivity contribution in [1.29, 1.82) is 0 Å². The zero-order valence-corrected chi connectivity index (χ0v) is 15.4. The molecule has 2 aromatic rings. The maximum Gasteiger partial charge on any atom is 0.339 e. The maximum atomic E-state index is 11.8. The second kappa shape index (κ2) is 9.07. The van der Waals surface area contributed by atoms with Crippen LogP contribution in [-0.2, 0) is 0 Å². The number of urea groups is 1. The van der Waals surface area contributed by atoms with Crippen molar-refractivity contribution in [2.24, 2.45) is 5.10 Å².